The van der Waals surface area contributed by atoms with E-state index in [0.29, 0.717) is 0 Å². The first-order chi connectivity index (χ1) is 12.8. The molecule has 9 heteroatoms. The maximum Gasteiger partial charge on any atom is 0.282 e. The van der Waals surface area contributed by atoms with E-state index in [-0.39, 0.29) is 41.3 Å². The lowest BCUT2D eigenvalue weighted by molar-refractivity contribution is -0.385. The van der Waals surface area contributed by atoms with Crippen LogP contribution < -0.4 is 0 Å². The van der Waals surface area contributed by atoms with Gasteiger partial charge < -0.3 is 4.90 Å². The molecule has 0 saturated carbocycles. The lowest BCUT2D eigenvalue weighted by Gasteiger charge is -2.28. The highest BCUT2D eigenvalue weighted by atomic mass is 32.2. The van der Waals surface area contributed by atoms with E-state index in [2.05, 4.69) is 0 Å². The van der Waals surface area contributed by atoms with E-state index < -0.39 is 32.5 Å². The van der Waals surface area contributed by atoms with Gasteiger partial charge in [-0.15, -0.1) is 0 Å². The Labute approximate surface area is 155 Å². The number of carbonyl (C=O) groups excluding carboxylic acids is 1. The first kappa shape index (κ1) is 19.0. The van der Waals surface area contributed by atoms with Crippen molar-refractivity contribution < 1.29 is 22.5 Å². The Morgan fingerprint density at radius 1 is 1.19 bits per heavy atom. The number of nitro benzene ring substituents is 1. The molecule has 2 aromatic rings. The Balaban J connectivity index is 2.01. The van der Waals surface area contributed by atoms with Crippen LogP contribution in [-0.4, -0.2) is 41.7 Å². The van der Waals surface area contributed by atoms with Gasteiger partial charge in [-0.2, -0.15) is 0 Å². The van der Waals surface area contributed by atoms with Crippen LogP contribution in [0.5, 0.6) is 0 Å². The Kier molecular flexibility index (Phi) is 5.22. The van der Waals surface area contributed by atoms with Crippen LogP contribution in [0.3, 0.4) is 0 Å². The molecule has 1 aliphatic heterocycles. The fourth-order valence-corrected chi connectivity index (χ4v) is 4.90. The van der Waals surface area contributed by atoms with Gasteiger partial charge in [-0.3, -0.25) is 14.9 Å². The third kappa shape index (κ3) is 4.13. The molecular formula is C18H17FN2O5S. The Bertz CT molecular complexity index is 993. The van der Waals surface area contributed by atoms with Crippen LogP contribution in [0.4, 0.5) is 10.1 Å². The Morgan fingerprint density at radius 2 is 1.85 bits per heavy atom. The molecule has 1 aliphatic rings. The van der Waals surface area contributed by atoms with Crippen molar-refractivity contribution in [1.29, 1.82) is 0 Å². The molecule has 0 N–H and O–H groups in total. The molecule has 142 valence electrons. The molecule has 27 heavy (non-hydrogen) atoms. The molecule has 0 radical (unpaired) electrons. The van der Waals surface area contributed by atoms with Crippen molar-refractivity contribution in [2.45, 2.75) is 19.0 Å². The van der Waals surface area contributed by atoms with Gasteiger partial charge in [0.15, 0.2) is 9.84 Å². The minimum atomic E-state index is -3.31. The van der Waals surface area contributed by atoms with E-state index >= 15 is 0 Å². The monoisotopic (exact) mass is 392 g/mol. The number of benzene rings is 2. The smallest absolute Gasteiger partial charge is 0.282 e. The van der Waals surface area contributed by atoms with Crippen molar-refractivity contribution in [3.63, 3.8) is 0 Å². The molecule has 1 heterocycles. The first-order valence-corrected chi connectivity index (χ1v) is 10.1. The van der Waals surface area contributed by atoms with Gasteiger partial charge in [0.05, 0.1) is 16.4 Å². The lowest BCUT2D eigenvalue weighted by atomic mass is 10.1. The minimum absolute atomic E-state index is 0.0738. The highest BCUT2D eigenvalue weighted by molar-refractivity contribution is 7.91. The zero-order valence-electron chi connectivity index (χ0n) is 14.2. The Hall–Kier alpha value is -2.81. The topological polar surface area (TPSA) is 97.6 Å². The molecule has 0 unspecified atom stereocenters. The van der Waals surface area contributed by atoms with Crippen molar-refractivity contribution in [3.8, 4) is 0 Å². The van der Waals surface area contributed by atoms with Crippen LogP contribution in [0.25, 0.3) is 0 Å². The van der Waals surface area contributed by atoms with Crippen molar-refractivity contribution in [3.05, 3.63) is 75.6 Å². The third-order valence-corrected chi connectivity index (χ3v) is 6.29. The summed E-state index contributed by atoms with van der Waals surface area (Å²) in [5.74, 6) is -1.53. The number of sulfone groups is 1. The quantitative estimate of drug-likeness (QED) is 0.575. The predicted molar refractivity (Wildman–Crippen MR) is 96.4 cm³/mol. The predicted octanol–water partition coefficient (Wildman–Crippen LogP) is 2.56. The van der Waals surface area contributed by atoms with Gasteiger partial charge in [0, 0.05) is 24.2 Å². The lowest BCUT2D eigenvalue weighted by Crippen LogP contribution is -2.41. The van der Waals surface area contributed by atoms with Crippen LogP contribution in [0.1, 0.15) is 22.3 Å². The number of hydrogen-bond donors (Lipinski definition) is 0. The molecule has 1 atom stereocenters. The molecule has 7 nitrogen and oxygen atoms in total. The molecule has 0 spiro atoms. The minimum Gasteiger partial charge on any atom is -0.330 e. The van der Waals surface area contributed by atoms with E-state index in [4.69, 9.17) is 0 Å². The van der Waals surface area contributed by atoms with Crippen molar-refractivity contribution >= 4 is 21.4 Å². The summed E-state index contributed by atoms with van der Waals surface area (Å²) in [5.41, 5.74) is -0.307. The number of amides is 1. The summed E-state index contributed by atoms with van der Waals surface area (Å²) < 4.78 is 37.9. The average molecular weight is 392 g/mol. The summed E-state index contributed by atoms with van der Waals surface area (Å²) in [7, 11) is -3.31. The second-order valence-corrected chi connectivity index (χ2v) is 8.58. The maximum absolute atomic E-state index is 14.1. The number of nitrogens with zero attached hydrogens (tertiary/aromatic N) is 2. The fraction of sp³-hybridized carbons (Fsp3) is 0.278. The molecule has 1 amide bonds. The van der Waals surface area contributed by atoms with Crippen molar-refractivity contribution in [1.82, 2.24) is 4.90 Å². The summed E-state index contributed by atoms with van der Waals surface area (Å²) in [4.78, 5) is 24.9. The zero-order valence-corrected chi connectivity index (χ0v) is 15.1. The fourth-order valence-electron chi connectivity index (χ4n) is 3.17. The van der Waals surface area contributed by atoms with Crippen LogP contribution >= 0.6 is 0 Å². The normalized spacial score (nSPS) is 18.2. The number of carbonyl (C=O) groups is 1. The summed E-state index contributed by atoms with van der Waals surface area (Å²) in [6, 6.07) is 10.7. The van der Waals surface area contributed by atoms with Gasteiger partial charge in [-0.1, -0.05) is 30.3 Å². The highest BCUT2D eigenvalue weighted by Crippen LogP contribution is 2.26. The van der Waals surface area contributed by atoms with E-state index in [9.17, 15) is 27.7 Å². The molecule has 0 aliphatic carbocycles. The number of rotatable bonds is 5. The summed E-state index contributed by atoms with van der Waals surface area (Å²) in [6.07, 6.45) is 0.211. The molecule has 3 rings (SSSR count). The largest absolute Gasteiger partial charge is 0.330 e. The van der Waals surface area contributed by atoms with Crippen molar-refractivity contribution in [2.24, 2.45) is 0 Å². The summed E-state index contributed by atoms with van der Waals surface area (Å²) in [6.45, 7) is -0.169. The van der Waals surface area contributed by atoms with Crippen LogP contribution in [0.2, 0.25) is 0 Å². The standard InChI is InChI=1S/C18H17FN2O5S/c19-16-7-3-1-5-13(16)11-20(14-9-10-27(25,26)12-14)18(22)15-6-2-4-8-17(15)21(23)24/h1-8,14H,9-12H2/t14-/m0/s1. The second-order valence-electron chi connectivity index (χ2n) is 6.36. The van der Waals surface area contributed by atoms with Crippen LogP contribution in [0.15, 0.2) is 48.5 Å². The van der Waals surface area contributed by atoms with Crippen LogP contribution in [0, 0.1) is 15.9 Å². The molecular weight excluding hydrogens is 375 g/mol. The molecule has 0 bridgehead atoms. The van der Waals surface area contributed by atoms with E-state index in [1.165, 1.54) is 47.4 Å². The van der Waals surface area contributed by atoms with E-state index in [0.717, 1.165) is 0 Å². The van der Waals surface area contributed by atoms with E-state index in [1.807, 2.05) is 0 Å². The molecule has 1 fully saturated rings. The zero-order chi connectivity index (χ0) is 19.6. The van der Waals surface area contributed by atoms with Gasteiger partial charge in [0.25, 0.3) is 11.6 Å². The van der Waals surface area contributed by atoms with Crippen molar-refractivity contribution in [2.75, 3.05) is 11.5 Å². The van der Waals surface area contributed by atoms with Gasteiger partial charge in [0.1, 0.15) is 11.4 Å². The van der Waals surface area contributed by atoms with Gasteiger partial charge in [-0.25, -0.2) is 12.8 Å². The number of para-hydroxylation sites is 1. The number of nitro groups is 1. The average Bonchev–Trinajstić information content (AvgIpc) is 3.00. The number of halogens is 1. The first-order valence-electron chi connectivity index (χ1n) is 8.27. The van der Waals surface area contributed by atoms with Gasteiger partial charge in [-0.05, 0) is 18.6 Å². The van der Waals surface area contributed by atoms with Gasteiger partial charge >= 0.3 is 0 Å². The molecule has 0 aromatic heterocycles. The highest BCUT2D eigenvalue weighted by Gasteiger charge is 2.37. The summed E-state index contributed by atoms with van der Waals surface area (Å²) >= 11 is 0. The molecule has 1 saturated heterocycles. The van der Waals surface area contributed by atoms with E-state index in [1.54, 1.807) is 6.07 Å². The van der Waals surface area contributed by atoms with Gasteiger partial charge in [0.2, 0.25) is 0 Å². The Morgan fingerprint density at radius 3 is 2.48 bits per heavy atom. The molecule has 2 aromatic carbocycles. The summed E-state index contributed by atoms with van der Waals surface area (Å²) in [5, 5.41) is 11.3. The third-order valence-electron chi connectivity index (χ3n) is 4.54. The number of hydrogen-bond acceptors (Lipinski definition) is 5. The second kappa shape index (κ2) is 7.43. The van der Waals surface area contributed by atoms with Crippen LogP contribution in [-0.2, 0) is 16.4 Å². The SMILES string of the molecule is O=C(c1ccccc1[N+](=O)[O-])N(Cc1ccccc1F)[C@H]1CCS(=O)(=O)C1. The maximum atomic E-state index is 14.1.